The lowest BCUT2D eigenvalue weighted by Crippen LogP contribution is -2.66. The number of fused-ring (bicyclic) bond motifs is 5. The lowest BCUT2D eigenvalue weighted by atomic mass is 9.42. The van der Waals surface area contributed by atoms with Gasteiger partial charge in [0.05, 0.1) is 6.10 Å². The Morgan fingerprint density at radius 3 is 2.39 bits per heavy atom. The Labute approximate surface area is 182 Å². The number of carbonyl (C=O) groups is 1. The first-order valence-electron chi connectivity index (χ1n) is 11.9. The molecule has 178 valence electrons. The lowest BCUT2D eigenvalue weighted by Gasteiger charge is -2.64. The van der Waals surface area contributed by atoms with Gasteiger partial charge in [0, 0.05) is 30.6 Å². The van der Waals surface area contributed by atoms with E-state index >= 15 is 17.6 Å². The summed E-state index contributed by atoms with van der Waals surface area (Å²) in [6, 6.07) is 0. The van der Waals surface area contributed by atoms with Gasteiger partial charge in [0.15, 0.2) is 0 Å². The summed E-state index contributed by atoms with van der Waals surface area (Å²) in [6.07, 6.45) is 0.838. The summed E-state index contributed by atoms with van der Waals surface area (Å²) < 4.78 is 63.2. The molecule has 0 bridgehead atoms. The molecule has 0 saturated heterocycles. The Balaban J connectivity index is 1.71. The van der Waals surface area contributed by atoms with Gasteiger partial charge in [-0.1, -0.05) is 20.8 Å². The number of aliphatic hydroxyl groups excluding tert-OH is 1. The van der Waals surface area contributed by atoms with Crippen LogP contribution in [0.5, 0.6) is 0 Å². The molecule has 3 nitrogen and oxygen atoms in total. The molecule has 31 heavy (non-hydrogen) atoms. The molecule has 0 heterocycles. The van der Waals surface area contributed by atoms with Crippen LogP contribution in [0.1, 0.15) is 78.6 Å². The van der Waals surface area contributed by atoms with E-state index < -0.39 is 70.8 Å². The van der Waals surface area contributed by atoms with Crippen LogP contribution >= 0.6 is 0 Å². The van der Waals surface area contributed by atoms with Crippen LogP contribution in [-0.4, -0.2) is 34.1 Å². The van der Waals surface area contributed by atoms with E-state index in [0.29, 0.717) is 32.1 Å². The maximum atomic E-state index is 16.0. The average Bonchev–Trinajstić information content (AvgIpc) is 3.00. The van der Waals surface area contributed by atoms with Crippen LogP contribution in [0.2, 0.25) is 0 Å². The fraction of sp³-hybridized carbons (Fsp3) is 0.958. The first kappa shape index (κ1) is 23.3. The first-order valence-corrected chi connectivity index (χ1v) is 11.9. The molecule has 7 heteroatoms. The van der Waals surface area contributed by atoms with Crippen molar-refractivity contribution in [3.8, 4) is 0 Å². The normalized spacial score (nSPS) is 48.9. The molecule has 0 amide bonds. The quantitative estimate of drug-likeness (QED) is 0.519. The molecule has 0 aromatic carbocycles. The van der Waals surface area contributed by atoms with Gasteiger partial charge in [-0.3, -0.25) is 4.79 Å². The predicted octanol–water partition coefficient (Wildman–Crippen LogP) is 6.00. The van der Waals surface area contributed by atoms with Crippen LogP contribution in [0.15, 0.2) is 0 Å². The molecule has 9 atom stereocenters. The largest absolute Gasteiger partial charge is 0.481 e. The van der Waals surface area contributed by atoms with Crippen molar-refractivity contribution in [1.29, 1.82) is 0 Å². The zero-order valence-corrected chi connectivity index (χ0v) is 18.7. The van der Waals surface area contributed by atoms with Crippen LogP contribution in [0.4, 0.5) is 17.6 Å². The number of carboxylic acid groups (broad SMARTS) is 1. The van der Waals surface area contributed by atoms with Gasteiger partial charge < -0.3 is 10.2 Å². The molecule has 2 N–H and O–H groups in total. The molecule has 4 rings (SSSR count). The first-order chi connectivity index (χ1) is 14.2. The van der Waals surface area contributed by atoms with E-state index in [1.165, 1.54) is 6.92 Å². The van der Waals surface area contributed by atoms with Gasteiger partial charge in [-0.2, -0.15) is 0 Å². The summed E-state index contributed by atoms with van der Waals surface area (Å²) in [5, 5.41) is 19.1. The highest BCUT2D eigenvalue weighted by Crippen LogP contribution is 2.74. The van der Waals surface area contributed by atoms with Gasteiger partial charge in [0.25, 0.3) is 11.8 Å². The van der Waals surface area contributed by atoms with E-state index in [9.17, 15) is 9.90 Å². The van der Waals surface area contributed by atoms with Crippen molar-refractivity contribution >= 4 is 5.97 Å². The Morgan fingerprint density at radius 2 is 1.74 bits per heavy atom. The SMILES string of the molecule is C[C@H](CCC(=O)O)C1CC[C@H]2[C@H]3[C@H](CC(F)(F)[C@]12C)C1(C)CC[C@@H](O)C[C@H]1CC3(F)F. The van der Waals surface area contributed by atoms with Gasteiger partial charge in [0.2, 0.25) is 0 Å². The van der Waals surface area contributed by atoms with Crippen molar-refractivity contribution in [2.24, 2.45) is 46.3 Å². The minimum atomic E-state index is -3.07. The molecular formula is C24H36F4O3. The topological polar surface area (TPSA) is 57.5 Å². The zero-order chi connectivity index (χ0) is 23.0. The minimum Gasteiger partial charge on any atom is -0.481 e. The van der Waals surface area contributed by atoms with E-state index in [2.05, 4.69) is 0 Å². The van der Waals surface area contributed by atoms with Crippen LogP contribution in [0.3, 0.4) is 0 Å². The second kappa shape index (κ2) is 7.33. The maximum Gasteiger partial charge on any atom is 0.303 e. The number of halogens is 4. The van der Waals surface area contributed by atoms with Crippen molar-refractivity contribution in [1.82, 2.24) is 0 Å². The zero-order valence-electron chi connectivity index (χ0n) is 18.7. The molecule has 0 radical (unpaired) electrons. The second-order valence-electron chi connectivity index (χ2n) is 11.6. The van der Waals surface area contributed by atoms with E-state index in [1.54, 1.807) is 0 Å². The summed E-state index contributed by atoms with van der Waals surface area (Å²) in [6.45, 7) is 5.23. The summed E-state index contributed by atoms with van der Waals surface area (Å²) in [4.78, 5) is 11.0. The maximum absolute atomic E-state index is 16.0. The average molecular weight is 449 g/mol. The highest BCUT2D eigenvalue weighted by atomic mass is 19.3. The molecule has 0 aromatic rings. The molecule has 4 fully saturated rings. The van der Waals surface area contributed by atoms with Crippen LogP contribution in [0.25, 0.3) is 0 Å². The standard InChI is InChI=1S/C24H36F4O3/c1-13(4-7-19(30)31)16-5-6-17-20-18(12-24(27,28)22(16,17)3)21(2)9-8-15(29)10-14(21)11-23(20,25)26/h13-18,20,29H,4-12H2,1-3H3,(H,30,31)/t13-,14+,15-,16?,17+,18+,20+,21?,22-/m1/s1. The fourth-order valence-electron chi connectivity index (χ4n) is 8.56. The number of hydrogen-bond acceptors (Lipinski definition) is 2. The van der Waals surface area contributed by atoms with Crippen molar-refractivity contribution in [3.05, 3.63) is 0 Å². The third-order valence-corrected chi connectivity index (χ3v) is 10.3. The second-order valence-corrected chi connectivity index (χ2v) is 11.6. The monoisotopic (exact) mass is 448 g/mol. The van der Waals surface area contributed by atoms with Crippen molar-refractivity contribution in [2.45, 2.75) is 96.5 Å². The molecule has 0 aliphatic heterocycles. The predicted molar refractivity (Wildman–Crippen MR) is 108 cm³/mol. The smallest absolute Gasteiger partial charge is 0.303 e. The third kappa shape index (κ3) is 3.34. The highest BCUT2D eigenvalue weighted by Gasteiger charge is 2.75. The minimum absolute atomic E-state index is 0.0890. The molecular weight excluding hydrogens is 412 g/mol. The molecule has 4 aliphatic carbocycles. The Hall–Kier alpha value is -0.850. The van der Waals surface area contributed by atoms with E-state index in [4.69, 9.17) is 5.11 Å². The van der Waals surface area contributed by atoms with E-state index in [-0.39, 0.29) is 25.2 Å². The van der Waals surface area contributed by atoms with Crippen LogP contribution in [-0.2, 0) is 4.79 Å². The van der Waals surface area contributed by atoms with Gasteiger partial charge in [-0.05, 0) is 73.5 Å². The number of aliphatic carboxylic acids is 1. The van der Waals surface area contributed by atoms with Crippen LogP contribution < -0.4 is 0 Å². The van der Waals surface area contributed by atoms with Gasteiger partial charge in [-0.15, -0.1) is 0 Å². The van der Waals surface area contributed by atoms with Crippen molar-refractivity contribution in [2.75, 3.05) is 0 Å². The van der Waals surface area contributed by atoms with Crippen molar-refractivity contribution in [3.63, 3.8) is 0 Å². The Morgan fingerprint density at radius 1 is 1.06 bits per heavy atom. The number of aliphatic hydroxyl groups is 1. The summed E-state index contributed by atoms with van der Waals surface area (Å²) in [5.41, 5.74) is -2.13. The molecule has 4 saturated carbocycles. The van der Waals surface area contributed by atoms with Gasteiger partial charge >= 0.3 is 5.97 Å². The lowest BCUT2D eigenvalue weighted by molar-refractivity contribution is -0.295. The molecule has 2 unspecified atom stereocenters. The van der Waals surface area contributed by atoms with Crippen molar-refractivity contribution < 1.29 is 32.6 Å². The van der Waals surface area contributed by atoms with Gasteiger partial charge in [0.1, 0.15) is 0 Å². The Bertz CT molecular complexity index is 728. The summed E-state index contributed by atoms with van der Waals surface area (Å²) in [5.74, 6) is -10.8. The molecule has 0 spiro atoms. The number of carboxylic acids is 1. The molecule has 4 aliphatic rings. The number of alkyl halides is 4. The van der Waals surface area contributed by atoms with Crippen LogP contribution in [0, 0.1) is 46.3 Å². The number of rotatable bonds is 4. The van der Waals surface area contributed by atoms with E-state index in [1.807, 2.05) is 13.8 Å². The van der Waals surface area contributed by atoms with Gasteiger partial charge in [-0.25, -0.2) is 17.6 Å². The fourth-order valence-corrected chi connectivity index (χ4v) is 8.56. The highest BCUT2D eigenvalue weighted by molar-refractivity contribution is 5.66. The number of hydrogen-bond donors (Lipinski definition) is 2. The summed E-state index contributed by atoms with van der Waals surface area (Å²) in [7, 11) is 0. The van der Waals surface area contributed by atoms with E-state index in [0.717, 1.165) is 0 Å². The molecule has 0 aromatic heterocycles. The third-order valence-electron chi connectivity index (χ3n) is 10.3. The Kier molecular flexibility index (Phi) is 5.51. The summed E-state index contributed by atoms with van der Waals surface area (Å²) >= 11 is 0.